The molecule has 0 aliphatic carbocycles. The van der Waals surface area contributed by atoms with Crippen LogP contribution >= 0.6 is 0 Å². The fraction of sp³-hybridized carbons (Fsp3) is 0.143. The molecule has 2 N–H and O–H groups in total. The van der Waals surface area contributed by atoms with E-state index in [1.165, 1.54) is 11.1 Å². The van der Waals surface area contributed by atoms with Gasteiger partial charge in [-0.15, -0.1) is 0 Å². The van der Waals surface area contributed by atoms with Gasteiger partial charge in [0, 0.05) is 6.54 Å². The summed E-state index contributed by atoms with van der Waals surface area (Å²) in [6.07, 6.45) is 0. The van der Waals surface area contributed by atoms with Crippen molar-refractivity contribution in [2.75, 3.05) is 7.11 Å². The van der Waals surface area contributed by atoms with E-state index in [-0.39, 0.29) is 0 Å². The van der Waals surface area contributed by atoms with Gasteiger partial charge in [0.1, 0.15) is 5.75 Å². The molecule has 0 atom stereocenters. The number of ether oxygens (including phenoxy) is 1. The molecule has 0 saturated carbocycles. The van der Waals surface area contributed by atoms with Crippen molar-refractivity contribution in [1.82, 2.24) is 0 Å². The van der Waals surface area contributed by atoms with Gasteiger partial charge < -0.3 is 10.5 Å². The van der Waals surface area contributed by atoms with Gasteiger partial charge >= 0.3 is 0 Å². The second kappa shape index (κ2) is 4.81. The van der Waals surface area contributed by atoms with Crippen molar-refractivity contribution >= 4 is 0 Å². The highest BCUT2D eigenvalue weighted by molar-refractivity contribution is 5.64. The predicted octanol–water partition coefficient (Wildman–Crippen LogP) is 2.82. The number of hydrogen-bond acceptors (Lipinski definition) is 2. The minimum absolute atomic E-state index is 0.586. The maximum atomic E-state index is 5.56. The number of hydrogen-bond donors (Lipinski definition) is 1. The van der Waals surface area contributed by atoms with E-state index >= 15 is 0 Å². The average molecular weight is 213 g/mol. The molecule has 0 fully saturated rings. The van der Waals surface area contributed by atoms with Crippen LogP contribution in [0.5, 0.6) is 5.75 Å². The molecule has 0 amide bonds. The van der Waals surface area contributed by atoms with Crippen molar-refractivity contribution < 1.29 is 4.74 Å². The monoisotopic (exact) mass is 213 g/mol. The molecule has 2 rings (SSSR count). The van der Waals surface area contributed by atoms with E-state index in [4.69, 9.17) is 10.5 Å². The minimum Gasteiger partial charge on any atom is -0.497 e. The van der Waals surface area contributed by atoms with Crippen molar-refractivity contribution in [2.45, 2.75) is 6.54 Å². The molecule has 2 heteroatoms. The smallest absolute Gasteiger partial charge is 0.118 e. The van der Waals surface area contributed by atoms with Gasteiger partial charge in [0.15, 0.2) is 0 Å². The molecule has 0 unspecified atom stereocenters. The van der Waals surface area contributed by atoms with Crippen LogP contribution < -0.4 is 10.5 Å². The van der Waals surface area contributed by atoms with Crippen LogP contribution in [0.2, 0.25) is 0 Å². The summed E-state index contributed by atoms with van der Waals surface area (Å²) in [5, 5.41) is 0. The lowest BCUT2D eigenvalue weighted by molar-refractivity contribution is 0.415. The van der Waals surface area contributed by atoms with E-state index in [9.17, 15) is 0 Å². The first-order valence-corrected chi connectivity index (χ1v) is 5.27. The maximum Gasteiger partial charge on any atom is 0.118 e. The Balaban J connectivity index is 2.28. The molecule has 0 aliphatic rings. The third kappa shape index (κ3) is 2.23. The highest BCUT2D eigenvalue weighted by Crippen LogP contribution is 2.22. The normalized spacial score (nSPS) is 10.1. The van der Waals surface area contributed by atoms with E-state index in [1.54, 1.807) is 7.11 Å². The third-order valence-corrected chi connectivity index (χ3v) is 2.61. The first-order chi connectivity index (χ1) is 7.83. The predicted molar refractivity (Wildman–Crippen MR) is 66.3 cm³/mol. The summed E-state index contributed by atoms with van der Waals surface area (Å²) in [5.74, 6) is 0.877. The third-order valence-electron chi connectivity index (χ3n) is 2.61. The van der Waals surface area contributed by atoms with Gasteiger partial charge in [0.05, 0.1) is 7.11 Å². The van der Waals surface area contributed by atoms with E-state index in [1.807, 2.05) is 12.1 Å². The van der Waals surface area contributed by atoms with Crippen LogP contribution in [0.1, 0.15) is 5.56 Å². The van der Waals surface area contributed by atoms with E-state index in [2.05, 4.69) is 36.4 Å². The van der Waals surface area contributed by atoms with Gasteiger partial charge in [-0.05, 0) is 28.8 Å². The highest BCUT2D eigenvalue weighted by atomic mass is 16.5. The second-order valence-electron chi connectivity index (χ2n) is 3.63. The molecule has 2 aromatic carbocycles. The standard InChI is InChI=1S/C14H15NO/c1-16-14-8-6-13(7-9-14)12-4-2-11(10-15)3-5-12/h2-9H,10,15H2,1H3. The SMILES string of the molecule is COc1ccc(-c2ccc(CN)cc2)cc1. The molecule has 2 aromatic rings. The number of rotatable bonds is 3. The van der Waals surface area contributed by atoms with E-state index in [0.717, 1.165) is 11.3 Å². The van der Waals surface area contributed by atoms with Gasteiger partial charge in [-0.2, -0.15) is 0 Å². The van der Waals surface area contributed by atoms with Crippen molar-refractivity contribution in [1.29, 1.82) is 0 Å². The molecule has 2 nitrogen and oxygen atoms in total. The fourth-order valence-electron chi connectivity index (χ4n) is 1.62. The van der Waals surface area contributed by atoms with Crippen molar-refractivity contribution in [2.24, 2.45) is 5.73 Å². The molecule has 0 saturated heterocycles. The summed E-state index contributed by atoms with van der Waals surface area (Å²) < 4.78 is 5.13. The van der Waals surface area contributed by atoms with Crippen molar-refractivity contribution in [3.05, 3.63) is 54.1 Å². The largest absolute Gasteiger partial charge is 0.497 e. The number of methoxy groups -OCH3 is 1. The Morgan fingerprint density at radius 2 is 1.38 bits per heavy atom. The summed E-state index contributed by atoms with van der Waals surface area (Å²) in [5.41, 5.74) is 9.09. The molecular weight excluding hydrogens is 198 g/mol. The fourth-order valence-corrected chi connectivity index (χ4v) is 1.62. The first-order valence-electron chi connectivity index (χ1n) is 5.27. The van der Waals surface area contributed by atoms with Gasteiger partial charge in [0.25, 0.3) is 0 Å². The van der Waals surface area contributed by atoms with Gasteiger partial charge in [0.2, 0.25) is 0 Å². The zero-order valence-electron chi connectivity index (χ0n) is 9.31. The van der Waals surface area contributed by atoms with Gasteiger partial charge in [-0.25, -0.2) is 0 Å². The molecule has 0 aromatic heterocycles. The van der Waals surface area contributed by atoms with E-state index < -0.39 is 0 Å². The minimum atomic E-state index is 0.586. The molecular formula is C14H15NO. The molecule has 0 aliphatic heterocycles. The maximum absolute atomic E-state index is 5.56. The Morgan fingerprint density at radius 3 is 1.81 bits per heavy atom. The van der Waals surface area contributed by atoms with E-state index in [0.29, 0.717) is 6.54 Å². The van der Waals surface area contributed by atoms with Crippen LogP contribution in [0.25, 0.3) is 11.1 Å². The molecule has 0 radical (unpaired) electrons. The highest BCUT2D eigenvalue weighted by Gasteiger charge is 1.98. The molecule has 82 valence electrons. The topological polar surface area (TPSA) is 35.2 Å². The molecule has 16 heavy (non-hydrogen) atoms. The van der Waals surface area contributed by atoms with Crippen LogP contribution in [-0.4, -0.2) is 7.11 Å². The van der Waals surface area contributed by atoms with Crippen LogP contribution in [0.3, 0.4) is 0 Å². The number of nitrogens with two attached hydrogens (primary N) is 1. The van der Waals surface area contributed by atoms with Crippen LogP contribution in [0.15, 0.2) is 48.5 Å². The molecule has 0 bridgehead atoms. The Morgan fingerprint density at radius 1 is 0.875 bits per heavy atom. The summed E-state index contributed by atoms with van der Waals surface area (Å²) in [7, 11) is 1.67. The lowest BCUT2D eigenvalue weighted by Gasteiger charge is -2.04. The zero-order chi connectivity index (χ0) is 11.4. The zero-order valence-corrected chi connectivity index (χ0v) is 9.31. The van der Waals surface area contributed by atoms with Gasteiger partial charge in [-0.3, -0.25) is 0 Å². The van der Waals surface area contributed by atoms with Crippen LogP contribution in [0, 0.1) is 0 Å². The lowest BCUT2D eigenvalue weighted by atomic mass is 10.0. The Bertz CT molecular complexity index is 400. The summed E-state index contributed by atoms with van der Waals surface area (Å²) in [6, 6.07) is 16.3. The average Bonchev–Trinajstić information content (AvgIpc) is 2.39. The molecule has 0 heterocycles. The summed E-state index contributed by atoms with van der Waals surface area (Å²) in [6.45, 7) is 0.586. The quantitative estimate of drug-likeness (QED) is 0.850. The lowest BCUT2D eigenvalue weighted by Crippen LogP contribution is -1.95. The van der Waals surface area contributed by atoms with Crippen LogP contribution in [-0.2, 0) is 6.54 Å². The number of benzene rings is 2. The first kappa shape index (κ1) is 10.7. The Labute approximate surface area is 95.7 Å². The van der Waals surface area contributed by atoms with Crippen LogP contribution in [0.4, 0.5) is 0 Å². The van der Waals surface area contributed by atoms with Gasteiger partial charge in [-0.1, -0.05) is 36.4 Å². The Hall–Kier alpha value is -1.80. The van der Waals surface area contributed by atoms with Crippen molar-refractivity contribution in [3.8, 4) is 16.9 Å². The summed E-state index contributed by atoms with van der Waals surface area (Å²) in [4.78, 5) is 0. The second-order valence-corrected chi connectivity index (χ2v) is 3.63. The molecule has 0 spiro atoms. The Kier molecular flexibility index (Phi) is 3.22. The summed E-state index contributed by atoms with van der Waals surface area (Å²) >= 11 is 0. The van der Waals surface area contributed by atoms with Crippen molar-refractivity contribution in [3.63, 3.8) is 0 Å².